The van der Waals surface area contributed by atoms with E-state index in [1.807, 2.05) is 5.51 Å². The van der Waals surface area contributed by atoms with Crippen LogP contribution in [0, 0.1) is 11.8 Å². The molecule has 3 nitrogen and oxygen atoms in total. The van der Waals surface area contributed by atoms with Gasteiger partial charge in [0, 0.05) is 25.0 Å². The van der Waals surface area contributed by atoms with Gasteiger partial charge in [0.25, 0.3) is 0 Å². The molecular formula is C10H16ClN3S. The topological polar surface area (TPSA) is 28.2 Å². The molecule has 84 valence electrons. The van der Waals surface area contributed by atoms with Gasteiger partial charge >= 0.3 is 0 Å². The minimum atomic E-state index is 0. The van der Waals surface area contributed by atoms with Crippen LogP contribution in [0.4, 0.5) is 0 Å². The fraction of sp³-hybridized carbons (Fsp3) is 0.700. The van der Waals surface area contributed by atoms with Crippen molar-refractivity contribution in [2.45, 2.75) is 6.54 Å². The zero-order valence-electron chi connectivity index (χ0n) is 8.56. The third-order valence-corrected chi connectivity index (χ3v) is 3.97. The Morgan fingerprint density at radius 2 is 2.13 bits per heavy atom. The monoisotopic (exact) mass is 245 g/mol. The average Bonchev–Trinajstić information content (AvgIpc) is 2.78. The lowest BCUT2D eigenvalue weighted by molar-refractivity contribution is 0.302. The number of thiazole rings is 1. The summed E-state index contributed by atoms with van der Waals surface area (Å²) in [6.07, 6.45) is 0. The highest BCUT2D eigenvalue weighted by Crippen LogP contribution is 2.27. The van der Waals surface area contributed by atoms with Gasteiger partial charge in [0.2, 0.25) is 0 Å². The van der Waals surface area contributed by atoms with Crippen LogP contribution in [-0.2, 0) is 6.54 Å². The molecule has 2 aliphatic rings. The van der Waals surface area contributed by atoms with Crippen molar-refractivity contribution >= 4 is 23.7 Å². The van der Waals surface area contributed by atoms with Crippen LogP contribution >= 0.6 is 23.7 Å². The molecule has 0 spiro atoms. The quantitative estimate of drug-likeness (QED) is 0.849. The van der Waals surface area contributed by atoms with Crippen LogP contribution in [0.1, 0.15) is 5.69 Å². The molecule has 1 aromatic rings. The lowest BCUT2D eigenvalue weighted by Gasteiger charge is -2.14. The van der Waals surface area contributed by atoms with Crippen molar-refractivity contribution in [3.8, 4) is 0 Å². The second-order valence-electron chi connectivity index (χ2n) is 4.35. The molecule has 3 heterocycles. The fourth-order valence-corrected chi connectivity index (χ4v) is 3.18. The molecule has 2 aliphatic heterocycles. The van der Waals surface area contributed by atoms with E-state index < -0.39 is 0 Å². The Morgan fingerprint density at radius 3 is 2.73 bits per heavy atom. The standard InChI is InChI=1S/C10H15N3S.ClH/c1-8-3-13(4-9(8)2-11-1)5-10-6-14-7-12-10;/h6-9,11H,1-5H2;1H/t8-,9+;. The van der Waals surface area contributed by atoms with Gasteiger partial charge in [-0.25, -0.2) is 4.98 Å². The Bertz CT molecular complexity index is 292. The van der Waals surface area contributed by atoms with Gasteiger partial charge in [0.05, 0.1) is 11.2 Å². The van der Waals surface area contributed by atoms with Crippen LogP contribution < -0.4 is 5.32 Å². The van der Waals surface area contributed by atoms with Gasteiger partial charge in [-0.05, 0) is 24.9 Å². The van der Waals surface area contributed by atoms with E-state index in [1.165, 1.54) is 31.9 Å². The molecule has 0 radical (unpaired) electrons. The number of hydrogen-bond donors (Lipinski definition) is 1. The molecule has 3 rings (SSSR count). The summed E-state index contributed by atoms with van der Waals surface area (Å²) in [7, 11) is 0. The Morgan fingerprint density at radius 1 is 1.40 bits per heavy atom. The maximum absolute atomic E-state index is 4.33. The molecule has 5 heteroatoms. The number of fused-ring (bicyclic) bond motifs is 1. The highest BCUT2D eigenvalue weighted by Gasteiger charge is 2.35. The molecule has 0 aliphatic carbocycles. The summed E-state index contributed by atoms with van der Waals surface area (Å²) < 4.78 is 0. The Kier molecular flexibility index (Phi) is 3.61. The van der Waals surface area contributed by atoms with Crippen LogP contribution in [0.15, 0.2) is 10.9 Å². The third kappa shape index (κ3) is 2.33. The number of nitrogens with one attached hydrogen (secondary N) is 1. The molecule has 2 fully saturated rings. The van der Waals surface area contributed by atoms with Gasteiger partial charge in [-0.15, -0.1) is 23.7 Å². The molecule has 2 atom stereocenters. The Labute approximate surface area is 100 Å². The summed E-state index contributed by atoms with van der Waals surface area (Å²) in [4.78, 5) is 6.88. The molecule has 0 bridgehead atoms. The van der Waals surface area contributed by atoms with Gasteiger partial charge in [0.15, 0.2) is 0 Å². The van der Waals surface area contributed by atoms with Crippen molar-refractivity contribution < 1.29 is 0 Å². The second-order valence-corrected chi connectivity index (χ2v) is 5.07. The van der Waals surface area contributed by atoms with Crippen molar-refractivity contribution in [3.63, 3.8) is 0 Å². The summed E-state index contributed by atoms with van der Waals surface area (Å²) in [5, 5.41) is 5.62. The Hall–Kier alpha value is -0.160. The number of halogens is 1. The van der Waals surface area contributed by atoms with Crippen LogP contribution in [0.25, 0.3) is 0 Å². The summed E-state index contributed by atoms with van der Waals surface area (Å²) in [6.45, 7) is 6.01. The van der Waals surface area contributed by atoms with Crippen molar-refractivity contribution in [1.82, 2.24) is 15.2 Å². The SMILES string of the molecule is Cl.c1nc(CN2C[C@H]3CNC[C@H]3C2)cs1. The second kappa shape index (κ2) is 4.78. The maximum atomic E-state index is 4.33. The van der Waals surface area contributed by atoms with Gasteiger partial charge < -0.3 is 5.32 Å². The van der Waals surface area contributed by atoms with Crippen LogP contribution in [0.5, 0.6) is 0 Å². The molecule has 0 saturated carbocycles. The highest BCUT2D eigenvalue weighted by atomic mass is 35.5. The summed E-state index contributed by atoms with van der Waals surface area (Å²) in [5.41, 5.74) is 3.16. The first-order chi connectivity index (χ1) is 6.92. The largest absolute Gasteiger partial charge is 0.316 e. The van der Waals surface area contributed by atoms with E-state index in [0.29, 0.717) is 0 Å². The van der Waals surface area contributed by atoms with E-state index in [1.54, 1.807) is 11.3 Å². The fourth-order valence-electron chi connectivity index (χ4n) is 2.63. The van der Waals surface area contributed by atoms with Crippen LogP contribution in [0.2, 0.25) is 0 Å². The van der Waals surface area contributed by atoms with Gasteiger partial charge in [-0.2, -0.15) is 0 Å². The van der Waals surface area contributed by atoms with Crippen molar-refractivity contribution in [1.29, 1.82) is 0 Å². The lowest BCUT2D eigenvalue weighted by Crippen LogP contribution is -2.25. The summed E-state index contributed by atoms with van der Waals surface area (Å²) in [6, 6.07) is 0. The van der Waals surface area contributed by atoms with E-state index in [4.69, 9.17) is 0 Å². The smallest absolute Gasteiger partial charge is 0.0795 e. The summed E-state index contributed by atoms with van der Waals surface area (Å²) in [5.74, 6) is 1.79. The first kappa shape index (κ1) is 11.3. The molecule has 15 heavy (non-hydrogen) atoms. The number of aromatic nitrogens is 1. The average molecular weight is 246 g/mol. The van der Waals surface area contributed by atoms with E-state index in [2.05, 4.69) is 20.6 Å². The minimum absolute atomic E-state index is 0. The predicted octanol–water partition coefficient (Wildman–Crippen LogP) is 1.22. The molecule has 0 aromatic carbocycles. The minimum Gasteiger partial charge on any atom is -0.316 e. The normalized spacial score (nSPS) is 30.1. The zero-order chi connectivity index (χ0) is 9.38. The van der Waals surface area contributed by atoms with E-state index in [-0.39, 0.29) is 12.4 Å². The van der Waals surface area contributed by atoms with Gasteiger partial charge in [-0.1, -0.05) is 0 Å². The first-order valence-corrected chi connectivity index (χ1v) is 6.16. The highest BCUT2D eigenvalue weighted by molar-refractivity contribution is 7.07. The Balaban J connectivity index is 0.000000853. The molecule has 0 amide bonds. The lowest BCUT2D eigenvalue weighted by atomic mass is 10.0. The molecular weight excluding hydrogens is 230 g/mol. The van der Waals surface area contributed by atoms with Crippen molar-refractivity contribution in [3.05, 3.63) is 16.6 Å². The summed E-state index contributed by atoms with van der Waals surface area (Å²) >= 11 is 1.69. The zero-order valence-corrected chi connectivity index (χ0v) is 10.2. The molecule has 0 unspecified atom stereocenters. The number of nitrogens with zero attached hydrogens (tertiary/aromatic N) is 2. The van der Waals surface area contributed by atoms with E-state index in [0.717, 1.165) is 18.4 Å². The van der Waals surface area contributed by atoms with Gasteiger partial charge in [-0.3, -0.25) is 4.90 Å². The predicted molar refractivity (Wildman–Crippen MR) is 64.5 cm³/mol. The first-order valence-electron chi connectivity index (χ1n) is 5.22. The van der Waals surface area contributed by atoms with Crippen molar-refractivity contribution in [2.75, 3.05) is 26.2 Å². The van der Waals surface area contributed by atoms with E-state index in [9.17, 15) is 0 Å². The van der Waals surface area contributed by atoms with E-state index >= 15 is 0 Å². The number of likely N-dealkylation sites (tertiary alicyclic amines) is 1. The molecule has 1 aromatic heterocycles. The number of rotatable bonds is 2. The molecule has 2 saturated heterocycles. The van der Waals surface area contributed by atoms with Crippen LogP contribution in [-0.4, -0.2) is 36.1 Å². The van der Waals surface area contributed by atoms with Crippen molar-refractivity contribution in [2.24, 2.45) is 11.8 Å². The van der Waals surface area contributed by atoms with Crippen LogP contribution in [0.3, 0.4) is 0 Å². The third-order valence-electron chi connectivity index (χ3n) is 3.33. The maximum Gasteiger partial charge on any atom is 0.0795 e. The number of hydrogen-bond acceptors (Lipinski definition) is 4. The van der Waals surface area contributed by atoms with Gasteiger partial charge in [0.1, 0.15) is 0 Å². The molecule has 1 N–H and O–H groups in total.